The lowest BCUT2D eigenvalue weighted by molar-refractivity contribution is -0.130. The fourth-order valence-electron chi connectivity index (χ4n) is 1.45. The Morgan fingerprint density at radius 2 is 2.07 bits per heavy atom. The van der Waals surface area contributed by atoms with Crippen molar-refractivity contribution in [2.45, 2.75) is 20.3 Å². The summed E-state index contributed by atoms with van der Waals surface area (Å²) in [7, 11) is 1.90. The Hall–Kier alpha value is -1.32. The van der Waals surface area contributed by atoms with Crippen molar-refractivity contribution in [3.8, 4) is 0 Å². The van der Waals surface area contributed by atoms with Crippen molar-refractivity contribution in [2.24, 2.45) is 0 Å². The van der Waals surface area contributed by atoms with Gasteiger partial charge in [-0.1, -0.05) is 6.92 Å². The number of rotatable bonds is 2. The van der Waals surface area contributed by atoms with Crippen LogP contribution >= 0.6 is 0 Å². The average Bonchev–Trinajstić information content (AvgIpc) is 2.16. The maximum absolute atomic E-state index is 11.5. The number of allylic oxidation sites excluding steroid dienone is 1. The third-order valence-electron chi connectivity index (χ3n) is 2.30. The van der Waals surface area contributed by atoms with Crippen LogP contribution in [-0.2, 0) is 9.59 Å². The zero-order valence-corrected chi connectivity index (χ0v) is 8.91. The maximum Gasteiger partial charge on any atom is 0.224 e. The van der Waals surface area contributed by atoms with Crippen LogP contribution in [0, 0.1) is 0 Å². The number of hydrogen-bond acceptors (Lipinski definition) is 3. The van der Waals surface area contributed by atoms with E-state index in [0.29, 0.717) is 18.7 Å². The van der Waals surface area contributed by atoms with Crippen LogP contribution in [0.1, 0.15) is 20.3 Å². The lowest BCUT2D eigenvalue weighted by atomic mass is 10.2. The number of carbonyl (C=O) groups is 2. The molecule has 1 heterocycles. The summed E-state index contributed by atoms with van der Waals surface area (Å²) in [5, 5.41) is 0. The lowest BCUT2D eigenvalue weighted by Crippen LogP contribution is -2.41. The zero-order valence-electron chi connectivity index (χ0n) is 8.91. The summed E-state index contributed by atoms with van der Waals surface area (Å²) in [6, 6.07) is 0. The Kier molecular flexibility index (Phi) is 3.28. The first-order valence-corrected chi connectivity index (χ1v) is 4.79. The second-order valence-corrected chi connectivity index (χ2v) is 3.44. The summed E-state index contributed by atoms with van der Waals surface area (Å²) >= 11 is 0. The molecule has 0 spiro atoms. The van der Waals surface area contributed by atoms with E-state index in [2.05, 4.69) is 0 Å². The number of ketones is 1. The highest BCUT2D eigenvalue weighted by Gasteiger charge is 2.23. The molecule has 0 saturated heterocycles. The predicted octanol–water partition coefficient (Wildman–Crippen LogP) is 0.601. The molecular formula is C10H16N2O2. The smallest absolute Gasteiger partial charge is 0.224 e. The van der Waals surface area contributed by atoms with Crippen LogP contribution in [0.2, 0.25) is 0 Å². The summed E-state index contributed by atoms with van der Waals surface area (Å²) in [5.74, 6) is -0.0436. The van der Waals surface area contributed by atoms with E-state index in [1.807, 2.05) is 11.9 Å². The molecule has 14 heavy (non-hydrogen) atoms. The Morgan fingerprint density at radius 3 is 2.57 bits per heavy atom. The highest BCUT2D eigenvalue weighted by molar-refractivity contribution is 5.98. The van der Waals surface area contributed by atoms with Gasteiger partial charge in [0.2, 0.25) is 5.91 Å². The Bertz CT molecular complexity index is 284. The summed E-state index contributed by atoms with van der Waals surface area (Å²) in [5.41, 5.74) is 0.522. The molecule has 1 aliphatic rings. The van der Waals surface area contributed by atoms with Gasteiger partial charge in [0.1, 0.15) is 5.70 Å². The number of likely N-dealkylation sites (N-methyl/N-ethyl adjacent to an activating group) is 1. The van der Waals surface area contributed by atoms with Crippen LogP contribution < -0.4 is 0 Å². The van der Waals surface area contributed by atoms with Gasteiger partial charge in [0.05, 0.1) is 0 Å². The number of Topliss-reactive ketones (excluding diaryl/α,β-unsaturated/α-hetero) is 1. The van der Waals surface area contributed by atoms with Crippen LogP contribution in [0.15, 0.2) is 11.9 Å². The number of hydrogen-bond donors (Lipinski definition) is 0. The van der Waals surface area contributed by atoms with E-state index in [1.165, 1.54) is 6.92 Å². The third kappa shape index (κ3) is 2.13. The molecular weight excluding hydrogens is 180 g/mol. The molecule has 1 amide bonds. The lowest BCUT2D eigenvalue weighted by Gasteiger charge is -2.31. The molecule has 0 unspecified atom stereocenters. The highest BCUT2D eigenvalue weighted by Crippen LogP contribution is 2.13. The molecule has 4 heteroatoms. The molecule has 0 bridgehead atoms. The SMILES string of the molecule is CCC(=O)C1=CN(C)CCN1C(C)=O. The van der Waals surface area contributed by atoms with Crippen molar-refractivity contribution < 1.29 is 9.59 Å². The van der Waals surface area contributed by atoms with Gasteiger partial charge in [-0.2, -0.15) is 0 Å². The maximum atomic E-state index is 11.5. The minimum atomic E-state index is -0.0637. The molecule has 0 radical (unpaired) electrons. The van der Waals surface area contributed by atoms with Gasteiger partial charge < -0.3 is 9.80 Å². The first kappa shape index (κ1) is 10.8. The molecule has 0 N–H and O–H groups in total. The second kappa shape index (κ2) is 4.26. The van der Waals surface area contributed by atoms with Crippen molar-refractivity contribution >= 4 is 11.7 Å². The summed E-state index contributed by atoms with van der Waals surface area (Å²) in [6.45, 7) is 4.67. The van der Waals surface area contributed by atoms with Crippen LogP contribution in [0.25, 0.3) is 0 Å². The summed E-state index contributed by atoms with van der Waals surface area (Å²) < 4.78 is 0. The molecule has 0 aromatic heterocycles. The van der Waals surface area contributed by atoms with Gasteiger partial charge in [0.15, 0.2) is 5.78 Å². The topological polar surface area (TPSA) is 40.6 Å². The fourth-order valence-corrected chi connectivity index (χ4v) is 1.45. The third-order valence-corrected chi connectivity index (χ3v) is 2.30. The molecule has 0 aliphatic carbocycles. The van der Waals surface area contributed by atoms with E-state index in [0.717, 1.165) is 6.54 Å². The molecule has 78 valence electrons. The minimum Gasteiger partial charge on any atom is -0.377 e. The van der Waals surface area contributed by atoms with Crippen molar-refractivity contribution in [1.82, 2.24) is 9.80 Å². The molecule has 1 aliphatic heterocycles. The largest absolute Gasteiger partial charge is 0.377 e. The van der Waals surface area contributed by atoms with Crippen molar-refractivity contribution in [3.05, 3.63) is 11.9 Å². The van der Waals surface area contributed by atoms with Gasteiger partial charge in [0, 0.05) is 39.7 Å². The van der Waals surface area contributed by atoms with E-state index in [1.54, 1.807) is 18.0 Å². The Labute approximate surface area is 84.2 Å². The predicted molar refractivity (Wildman–Crippen MR) is 53.4 cm³/mol. The van der Waals surface area contributed by atoms with Gasteiger partial charge in [-0.25, -0.2) is 0 Å². The standard InChI is InChI=1S/C10H16N2O2/c1-4-10(14)9-7-11(3)5-6-12(9)8(2)13/h7H,4-6H2,1-3H3. The van der Waals surface area contributed by atoms with Crippen molar-refractivity contribution in [2.75, 3.05) is 20.1 Å². The van der Waals surface area contributed by atoms with Gasteiger partial charge in [0.25, 0.3) is 0 Å². The number of nitrogens with zero attached hydrogens (tertiary/aromatic N) is 2. The zero-order chi connectivity index (χ0) is 10.7. The van der Waals surface area contributed by atoms with Crippen molar-refractivity contribution in [3.63, 3.8) is 0 Å². The molecule has 1 rings (SSSR count). The van der Waals surface area contributed by atoms with E-state index >= 15 is 0 Å². The number of amides is 1. The first-order chi connectivity index (χ1) is 6.56. The van der Waals surface area contributed by atoms with E-state index in [-0.39, 0.29) is 11.7 Å². The van der Waals surface area contributed by atoms with Crippen LogP contribution in [0.5, 0.6) is 0 Å². The van der Waals surface area contributed by atoms with E-state index in [4.69, 9.17) is 0 Å². The molecule has 0 atom stereocenters. The quantitative estimate of drug-likeness (QED) is 0.649. The first-order valence-electron chi connectivity index (χ1n) is 4.79. The molecule has 4 nitrogen and oxygen atoms in total. The fraction of sp³-hybridized carbons (Fsp3) is 0.600. The van der Waals surface area contributed by atoms with Gasteiger partial charge in [-0.15, -0.1) is 0 Å². The van der Waals surface area contributed by atoms with Crippen LogP contribution in [-0.4, -0.2) is 41.6 Å². The minimum absolute atomic E-state index is 0.0201. The van der Waals surface area contributed by atoms with Gasteiger partial charge in [-0.05, 0) is 0 Å². The molecule has 0 saturated carbocycles. The molecule has 0 aromatic carbocycles. The van der Waals surface area contributed by atoms with Gasteiger partial charge in [-0.3, -0.25) is 9.59 Å². The second-order valence-electron chi connectivity index (χ2n) is 3.44. The summed E-state index contributed by atoms with van der Waals surface area (Å²) in [6.07, 6.45) is 2.18. The monoisotopic (exact) mass is 196 g/mol. The Balaban J connectivity index is 2.92. The normalized spacial score (nSPS) is 16.6. The number of carbonyl (C=O) groups excluding carboxylic acids is 2. The molecule has 0 aromatic rings. The van der Waals surface area contributed by atoms with Gasteiger partial charge >= 0.3 is 0 Å². The summed E-state index contributed by atoms with van der Waals surface area (Å²) in [4.78, 5) is 26.3. The van der Waals surface area contributed by atoms with Crippen molar-refractivity contribution in [1.29, 1.82) is 0 Å². The van der Waals surface area contributed by atoms with E-state index < -0.39 is 0 Å². The van der Waals surface area contributed by atoms with E-state index in [9.17, 15) is 9.59 Å². The van der Waals surface area contributed by atoms with Crippen LogP contribution in [0.3, 0.4) is 0 Å². The van der Waals surface area contributed by atoms with Crippen LogP contribution in [0.4, 0.5) is 0 Å². The highest BCUT2D eigenvalue weighted by atomic mass is 16.2. The average molecular weight is 196 g/mol. The molecule has 0 fully saturated rings. The Morgan fingerprint density at radius 1 is 1.43 bits per heavy atom.